The first kappa shape index (κ1) is 18.7. The number of hydrogen-bond acceptors (Lipinski definition) is 4. The van der Waals surface area contributed by atoms with Crippen LogP contribution in [0.25, 0.3) is 5.69 Å². The van der Waals surface area contributed by atoms with E-state index < -0.39 is 5.97 Å². The Bertz CT molecular complexity index is 854. The molecule has 0 atom stereocenters. The number of carboxylic acids is 1. The van der Waals surface area contributed by atoms with Gasteiger partial charge in [-0.25, -0.2) is 4.68 Å². The molecule has 28 heavy (non-hydrogen) atoms. The van der Waals surface area contributed by atoms with Crippen LogP contribution < -0.4 is 5.32 Å². The number of aromatic nitrogens is 2. The van der Waals surface area contributed by atoms with Crippen molar-refractivity contribution in [2.45, 2.75) is 50.6 Å². The molecule has 1 aromatic carbocycles. The van der Waals surface area contributed by atoms with E-state index in [1.54, 1.807) is 4.68 Å². The molecule has 1 heterocycles. The largest absolute Gasteiger partial charge is 0.480 e. The maximum absolute atomic E-state index is 12.9. The quantitative estimate of drug-likeness (QED) is 0.732. The van der Waals surface area contributed by atoms with Crippen molar-refractivity contribution in [3.8, 4) is 5.69 Å². The Balaban J connectivity index is 1.44. The Labute approximate surface area is 164 Å². The van der Waals surface area contributed by atoms with E-state index in [0.29, 0.717) is 18.2 Å². The van der Waals surface area contributed by atoms with Crippen molar-refractivity contribution in [3.05, 3.63) is 47.8 Å². The van der Waals surface area contributed by atoms with Crippen molar-refractivity contribution < 1.29 is 14.7 Å². The van der Waals surface area contributed by atoms with Gasteiger partial charge in [0.2, 0.25) is 0 Å². The van der Waals surface area contributed by atoms with E-state index in [9.17, 15) is 9.59 Å². The summed E-state index contributed by atoms with van der Waals surface area (Å²) in [5, 5.41) is 16.8. The van der Waals surface area contributed by atoms with Crippen LogP contribution in [-0.4, -0.2) is 56.8 Å². The van der Waals surface area contributed by atoms with Crippen LogP contribution in [0.3, 0.4) is 0 Å². The third-order valence-corrected chi connectivity index (χ3v) is 5.67. The summed E-state index contributed by atoms with van der Waals surface area (Å²) in [6, 6.07) is 11.9. The molecule has 2 aliphatic carbocycles. The van der Waals surface area contributed by atoms with Gasteiger partial charge in [-0.15, -0.1) is 0 Å². The summed E-state index contributed by atoms with van der Waals surface area (Å²) in [4.78, 5) is 25.9. The molecule has 148 valence electrons. The molecule has 0 saturated heterocycles. The first-order valence-corrected chi connectivity index (χ1v) is 9.97. The van der Waals surface area contributed by atoms with Crippen LogP contribution >= 0.6 is 0 Å². The number of amides is 1. The zero-order chi connectivity index (χ0) is 19.7. The number of carbonyl (C=O) groups is 2. The zero-order valence-corrected chi connectivity index (χ0v) is 16.0. The maximum Gasteiger partial charge on any atom is 0.317 e. The molecule has 2 N–H and O–H groups in total. The summed E-state index contributed by atoms with van der Waals surface area (Å²) < 4.78 is 1.74. The van der Waals surface area contributed by atoms with Gasteiger partial charge >= 0.3 is 5.97 Å². The second kappa shape index (κ2) is 7.75. The van der Waals surface area contributed by atoms with Gasteiger partial charge in [-0.05, 0) is 50.4 Å². The highest BCUT2D eigenvalue weighted by Gasteiger charge is 2.36. The van der Waals surface area contributed by atoms with E-state index in [1.807, 2.05) is 48.2 Å². The normalized spacial score (nSPS) is 21.4. The molecule has 0 spiro atoms. The molecule has 0 aliphatic heterocycles. The van der Waals surface area contributed by atoms with Crippen LogP contribution in [0.4, 0.5) is 0 Å². The minimum absolute atomic E-state index is 0.0490. The third-order valence-electron chi connectivity index (χ3n) is 5.67. The Morgan fingerprint density at radius 2 is 1.96 bits per heavy atom. The summed E-state index contributed by atoms with van der Waals surface area (Å²) in [5.41, 5.74) is 2.43. The number of nitrogens with zero attached hydrogens (tertiary/aromatic N) is 3. The van der Waals surface area contributed by atoms with Gasteiger partial charge in [0.1, 0.15) is 5.69 Å². The number of likely N-dealkylation sites (N-methyl/N-ethyl adjacent to an activating group) is 1. The fourth-order valence-electron chi connectivity index (χ4n) is 3.84. The van der Waals surface area contributed by atoms with E-state index in [1.165, 1.54) is 0 Å². The number of carboxylic acid groups (broad SMARTS) is 1. The van der Waals surface area contributed by atoms with Crippen LogP contribution in [0.15, 0.2) is 36.4 Å². The average molecular weight is 382 g/mol. The number of aliphatic carboxylic acids is 1. The molecule has 0 unspecified atom stereocenters. The van der Waals surface area contributed by atoms with Crippen molar-refractivity contribution in [2.75, 3.05) is 13.1 Å². The van der Waals surface area contributed by atoms with Crippen LogP contribution in [0, 0.1) is 0 Å². The average Bonchev–Trinajstić information content (AvgIpc) is 3.41. The van der Waals surface area contributed by atoms with Gasteiger partial charge in [-0.3, -0.25) is 14.5 Å². The highest BCUT2D eigenvalue weighted by Crippen LogP contribution is 2.39. The fourth-order valence-corrected chi connectivity index (χ4v) is 3.84. The van der Waals surface area contributed by atoms with Crippen LogP contribution in [-0.2, 0) is 4.79 Å². The van der Waals surface area contributed by atoms with Crippen LogP contribution in [0.5, 0.6) is 0 Å². The molecule has 0 bridgehead atoms. The smallest absolute Gasteiger partial charge is 0.317 e. The van der Waals surface area contributed by atoms with Gasteiger partial charge in [-0.2, -0.15) is 5.10 Å². The summed E-state index contributed by atoms with van der Waals surface area (Å²) in [5.74, 6) is -0.458. The zero-order valence-electron chi connectivity index (χ0n) is 16.0. The number of nitrogens with one attached hydrogen (secondary N) is 1. The predicted octanol–water partition coefficient (Wildman–Crippen LogP) is 2.42. The molecule has 7 nitrogen and oxygen atoms in total. The fraction of sp³-hybridized carbons (Fsp3) is 0.476. The summed E-state index contributed by atoms with van der Waals surface area (Å²) in [6.07, 6.45) is 3.82. The maximum atomic E-state index is 12.9. The van der Waals surface area contributed by atoms with Gasteiger partial charge in [0.05, 0.1) is 17.9 Å². The van der Waals surface area contributed by atoms with Gasteiger partial charge in [0.15, 0.2) is 0 Å². The van der Waals surface area contributed by atoms with E-state index in [4.69, 9.17) is 5.11 Å². The molecule has 2 aromatic rings. The van der Waals surface area contributed by atoms with E-state index in [0.717, 1.165) is 37.1 Å². The van der Waals surface area contributed by atoms with Crippen molar-refractivity contribution in [2.24, 2.45) is 0 Å². The molecular formula is C21H26N4O3. The number of benzene rings is 1. The van der Waals surface area contributed by atoms with Crippen molar-refractivity contribution in [1.29, 1.82) is 0 Å². The molecular weight excluding hydrogens is 356 g/mol. The lowest BCUT2D eigenvalue weighted by atomic mass is 9.85. The number of para-hydroxylation sites is 1. The SMILES string of the molecule is CCN(CC(=O)O)C1CC(NC(=O)c2cc(C3CC3)nn2-c2ccccc2)C1. The second-order valence-electron chi connectivity index (χ2n) is 7.73. The van der Waals surface area contributed by atoms with E-state index in [-0.39, 0.29) is 24.5 Å². The van der Waals surface area contributed by atoms with Crippen molar-refractivity contribution in [1.82, 2.24) is 20.0 Å². The minimum atomic E-state index is -0.811. The molecule has 1 aromatic heterocycles. The molecule has 2 aliphatic rings. The van der Waals surface area contributed by atoms with E-state index >= 15 is 0 Å². The Kier molecular flexibility index (Phi) is 5.17. The predicted molar refractivity (Wildman–Crippen MR) is 105 cm³/mol. The van der Waals surface area contributed by atoms with Crippen molar-refractivity contribution in [3.63, 3.8) is 0 Å². The first-order chi connectivity index (χ1) is 13.5. The number of hydrogen-bond donors (Lipinski definition) is 2. The highest BCUT2D eigenvalue weighted by atomic mass is 16.4. The molecule has 2 saturated carbocycles. The van der Waals surface area contributed by atoms with Gasteiger partial charge < -0.3 is 10.4 Å². The summed E-state index contributed by atoms with van der Waals surface area (Å²) in [6.45, 7) is 2.71. The van der Waals surface area contributed by atoms with E-state index in [2.05, 4.69) is 10.4 Å². The number of carbonyl (C=O) groups excluding carboxylic acids is 1. The van der Waals surface area contributed by atoms with Gasteiger partial charge in [0, 0.05) is 18.0 Å². The standard InChI is InChI=1S/C21H26N4O3/c1-2-24(13-20(26)27)17-10-15(11-17)22-21(28)19-12-18(14-8-9-14)23-25(19)16-6-4-3-5-7-16/h3-7,12,14-15,17H,2,8-11,13H2,1H3,(H,22,28)(H,26,27). The monoisotopic (exact) mass is 382 g/mol. The second-order valence-corrected chi connectivity index (χ2v) is 7.73. The Morgan fingerprint density at radius 3 is 2.57 bits per heavy atom. The third kappa shape index (κ3) is 3.94. The summed E-state index contributed by atoms with van der Waals surface area (Å²) in [7, 11) is 0. The highest BCUT2D eigenvalue weighted by molar-refractivity contribution is 5.93. The lowest BCUT2D eigenvalue weighted by molar-refractivity contribution is -0.139. The molecule has 0 radical (unpaired) electrons. The molecule has 2 fully saturated rings. The topological polar surface area (TPSA) is 87.5 Å². The lowest BCUT2D eigenvalue weighted by Gasteiger charge is -2.42. The Hall–Kier alpha value is -2.67. The summed E-state index contributed by atoms with van der Waals surface area (Å²) >= 11 is 0. The Morgan fingerprint density at radius 1 is 1.25 bits per heavy atom. The van der Waals surface area contributed by atoms with Crippen molar-refractivity contribution >= 4 is 11.9 Å². The molecule has 7 heteroatoms. The first-order valence-electron chi connectivity index (χ1n) is 9.97. The van der Waals surface area contributed by atoms with Gasteiger partial charge in [0.25, 0.3) is 5.91 Å². The van der Waals surface area contributed by atoms with Crippen LogP contribution in [0.2, 0.25) is 0 Å². The molecule has 1 amide bonds. The minimum Gasteiger partial charge on any atom is -0.480 e. The molecule has 4 rings (SSSR count). The van der Waals surface area contributed by atoms with Gasteiger partial charge in [-0.1, -0.05) is 25.1 Å². The van der Waals surface area contributed by atoms with Crippen LogP contribution in [0.1, 0.15) is 54.7 Å². The lowest BCUT2D eigenvalue weighted by Crippen LogP contribution is -2.55. The number of rotatable bonds is 8.